The minimum Gasteiger partial charge on any atom is -0.335 e. The molecule has 10 heteroatoms. The number of hydrogen-bond acceptors (Lipinski definition) is 5. The van der Waals surface area contributed by atoms with E-state index in [0.717, 1.165) is 37.3 Å². The molecule has 0 spiro atoms. The lowest BCUT2D eigenvalue weighted by Crippen LogP contribution is -2.70. The molecule has 2 amide bonds. The van der Waals surface area contributed by atoms with Crippen molar-refractivity contribution in [1.82, 2.24) is 14.7 Å². The van der Waals surface area contributed by atoms with E-state index in [1.54, 1.807) is 46.5 Å². The highest BCUT2D eigenvalue weighted by molar-refractivity contribution is 8.13. The van der Waals surface area contributed by atoms with E-state index in [2.05, 4.69) is 9.89 Å². The highest BCUT2D eigenvalue weighted by Crippen LogP contribution is 2.35. The van der Waals surface area contributed by atoms with Crippen LogP contribution in [-0.2, 0) is 11.0 Å². The highest BCUT2D eigenvalue weighted by atomic mass is 32.2. The van der Waals surface area contributed by atoms with Crippen LogP contribution in [-0.4, -0.2) is 88.2 Å². The first-order valence-electron chi connectivity index (χ1n) is 12.0. The van der Waals surface area contributed by atoms with Gasteiger partial charge in [-0.05, 0) is 41.8 Å². The van der Waals surface area contributed by atoms with Crippen LogP contribution in [0.15, 0.2) is 47.5 Å². The van der Waals surface area contributed by atoms with E-state index in [1.165, 1.54) is 6.07 Å². The SMILES string of the molecule is Cc1cc(-c2cccc(C(F)(F)F)c2)ccc1C(=O)N1CC(N2CC(N3CC4SC=NC4C3=O)C2)C1. The molecule has 6 nitrogen and oxygen atoms in total. The maximum absolute atomic E-state index is 13.1. The molecule has 36 heavy (non-hydrogen) atoms. The Labute approximate surface area is 211 Å². The number of carbonyl (C=O) groups is 2. The Hall–Kier alpha value is -2.85. The molecular formula is C26H25F3N4O2S. The number of rotatable bonds is 4. The highest BCUT2D eigenvalue weighted by Gasteiger charge is 2.50. The number of likely N-dealkylation sites (tertiary alicyclic amines) is 3. The standard InChI is InChI=1S/C26H25F3N4O2S/c1-15-7-17(16-3-2-4-18(8-16)26(27,28)29)5-6-21(15)24(34)32-9-19(10-32)31-11-20(12-31)33-13-22-23(25(33)35)30-14-36-22/h2-8,14,19-20,22-23H,9-13H2,1H3. The summed E-state index contributed by atoms with van der Waals surface area (Å²) in [6.45, 7) is 5.51. The molecule has 2 atom stereocenters. The van der Waals surface area contributed by atoms with Gasteiger partial charge < -0.3 is 9.80 Å². The van der Waals surface area contributed by atoms with E-state index >= 15 is 0 Å². The fourth-order valence-corrected chi connectivity index (χ4v) is 6.40. The molecule has 0 bridgehead atoms. The molecular weight excluding hydrogens is 489 g/mol. The lowest BCUT2D eigenvalue weighted by Gasteiger charge is -2.53. The van der Waals surface area contributed by atoms with E-state index < -0.39 is 11.7 Å². The second kappa shape index (κ2) is 8.62. The third kappa shape index (κ3) is 4.00. The molecule has 4 aliphatic heterocycles. The van der Waals surface area contributed by atoms with E-state index in [0.29, 0.717) is 35.8 Å². The topological polar surface area (TPSA) is 56.2 Å². The molecule has 3 fully saturated rings. The van der Waals surface area contributed by atoms with Gasteiger partial charge in [0, 0.05) is 44.3 Å². The second-order valence-corrected chi connectivity index (χ2v) is 11.0. The van der Waals surface area contributed by atoms with Gasteiger partial charge in [0.2, 0.25) is 5.91 Å². The van der Waals surface area contributed by atoms with Gasteiger partial charge in [-0.2, -0.15) is 13.2 Å². The average Bonchev–Trinajstić information content (AvgIpc) is 3.36. The van der Waals surface area contributed by atoms with E-state index in [1.807, 2.05) is 11.8 Å². The minimum atomic E-state index is -4.40. The van der Waals surface area contributed by atoms with Crippen LogP contribution in [0.3, 0.4) is 0 Å². The van der Waals surface area contributed by atoms with Gasteiger partial charge in [0.15, 0.2) is 0 Å². The molecule has 2 aromatic carbocycles. The predicted molar refractivity (Wildman–Crippen MR) is 132 cm³/mol. The van der Waals surface area contributed by atoms with Gasteiger partial charge in [0.05, 0.1) is 22.4 Å². The Morgan fingerprint density at radius 2 is 1.75 bits per heavy atom. The molecule has 0 radical (unpaired) electrons. The van der Waals surface area contributed by atoms with Gasteiger partial charge >= 0.3 is 6.18 Å². The number of benzene rings is 2. The van der Waals surface area contributed by atoms with Gasteiger partial charge in [0.1, 0.15) is 6.04 Å². The number of carbonyl (C=O) groups excluding carboxylic acids is 2. The molecule has 0 N–H and O–H groups in total. The average molecular weight is 515 g/mol. The van der Waals surface area contributed by atoms with Crippen molar-refractivity contribution < 1.29 is 22.8 Å². The van der Waals surface area contributed by atoms with Gasteiger partial charge in [-0.1, -0.05) is 24.3 Å². The summed E-state index contributed by atoms with van der Waals surface area (Å²) in [5.41, 5.74) is 3.51. The van der Waals surface area contributed by atoms with Crippen LogP contribution >= 0.6 is 11.8 Å². The number of fused-ring (bicyclic) bond motifs is 1. The minimum absolute atomic E-state index is 0.0613. The Morgan fingerprint density at radius 1 is 1.00 bits per heavy atom. The van der Waals surface area contributed by atoms with Crippen molar-refractivity contribution in [3.05, 3.63) is 59.2 Å². The fourth-order valence-electron chi connectivity index (χ4n) is 5.46. The Morgan fingerprint density at radius 3 is 2.44 bits per heavy atom. The van der Waals surface area contributed by atoms with Crippen molar-refractivity contribution >= 4 is 29.1 Å². The quantitative estimate of drug-likeness (QED) is 0.627. The number of aryl methyl sites for hydroxylation is 1. The first-order valence-corrected chi connectivity index (χ1v) is 12.9. The number of amides is 2. The second-order valence-electron chi connectivity index (χ2n) is 9.94. The lowest BCUT2D eigenvalue weighted by molar-refractivity contribution is -0.137. The summed E-state index contributed by atoms with van der Waals surface area (Å²) in [5.74, 6) is 0.0780. The van der Waals surface area contributed by atoms with Crippen molar-refractivity contribution in [1.29, 1.82) is 0 Å². The number of alkyl halides is 3. The smallest absolute Gasteiger partial charge is 0.335 e. The normalized spacial score (nSPS) is 24.7. The first-order chi connectivity index (χ1) is 17.2. The lowest BCUT2D eigenvalue weighted by atomic mass is 9.95. The first kappa shape index (κ1) is 23.5. The van der Waals surface area contributed by atoms with Crippen LogP contribution in [0.25, 0.3) is 11.1 Å². The van der Waals surface area contributed by atoms with Gasteiger partial charge in [-0.25, -0.2) is 0 Å². The molecule has 3 saturated heterocycles. The van der Waals surface area contributed by atoms with E-state index in [-0.39, 0.29) is 29.1 Å². The monoisotopic (exact) mass is 514 g/mol. The summed E-state index contributed by atoms with van der Waals surface area (Å²) in [7, 11) is 0. The molecule has 6 rings (SSSR count). The third-order valence-electron chi connectivity index (χ3n) is 7.70. The number of thioether (sulfide) groups is 1. The van der Waals surface area contributed by atoms with Crippen molar-refractivity contribution in [2.24, 2.45) is 4.99 Å². The Bertz CT molecular complexity index is 1250. The number of hydrogen-bond donors (Lipinski definition) is 0. The summed E-state index contributed by atoms with van der Waals surface area (Å²) in [6.07, 6.45) is -4.40. The molecule has 188 valence electrons. The van der Waals surface area contributed by atoms with Gasteiger partial charge in [-0.15, -0.1) is 11.8 Å². The van der Waals surface area contributed by atoms with Crippen LogP contribution < -0.4 is 0 Å². The zero-order valence-electron chi connectivity index (χ0n) is 19.6. The number of halogens is 3. The zero-order chi connectivity index (χ0) is 25.2. The van der Waals surface area contributed by atoms with Crippen molar-refractivity contribution in [3.8, 4) is 11.1 Å². The molecule has 4 heterocycles. The van der Waals surface area contributed by atoms with Crippen LogP contribution in [0, 0.1) is 6.92 Å². The summed E-state index contributed by atoms with van der Waals surface area (Å²) >= 11 is 1.64. The molecule has 0 aliphatic carbocycles. The summed E-state index contributed by atoms with van der Waals surface area (Å²) in [5, 5.41) is 0.256. The summed E-state index contributed by atoms with van der Waals surface area (Å²) in [6, 6.07) is 10.7. The molecule has 2 unspecified atom stereocenters. The van der Waals surface area contributed by atoms with Crippen LogP contribution in [0.1, 0.15) is 21.5 Å². The largest absolute Gasteiger partial charge is 0.416 e. The maximum Gasteiger partial charge on any atom is 0.416 e. The molecule has 0 aromatic heterocycles. The summed E-state index contributed by atoms with van der Waals surface area (Å²) in [4.78, 5) is 36.0. The Kier molecular flexibility index (Phi) is 5.64. The van der Waals surface area contributed by atoms with E-state index in [9.17, 15) is 22.8 Å². The molecule has 2 aromatic rings. The summed E-state index contributed by atoms with van der Waals surface area (Å²) < 4.78 is 39.2. The maximum atomic E-state index is 13.1. The third-order valence-corrected chi connectivity index (χ3v) is 8.70. The van der Waals surface area contributed by atoms with Crippen molar-refractivity contribution in [2.45, 2.75) is 36.5 Å². The van der Waals surface area contributed by atoms with Crippen molar-refractivity contribution in [2.75, 3.05) is 32.7 Å². The fraction of sp³-hybridized carbons (Fsp3) is 0.423. The number of nitrogens with zero attached hydrogens (tertiary/aromatic N) is 4. The van der Waals surface area contributed by atoms with Crippen LogP contribution in [0.5, 0.6) is 0 Å². The predicted octanol–water partition coefficient (Wildman–Crippen LogP) is 3.54. The van der Waals surface area contributed by atoms with Gasteiger partial charge in [0.25, 0.3) is 5.91 Å². The number of aliphatic imine (C=N–C) groups is 1. The zero-order valence-corrected chi connectivity index (χ0v) is 20.4. The molecule has 4 aliphatic rings. The van der Waals surface area contributed by atoms with Gasteiger partial charge in [-0.3, -0.25) is 19.5 Å². The van der Waals surface area contributed by atoms with Crippen LogP contribution in [0.4, 0.5) is 13.2 Å². The van der Waals surface area contributed by atoms with Crippen LogP contribution in [0.2, 0.25) is 0 Å². The molecule has 0 saturated carbocycles. The Balaban J connectivity index is 1.04. The van der Waals surface area contributed by atoms with E-state index in [4.69, 9.17) is 0 Å². The van der Waals surface area contributed by atoms with Crippen molar-refractivity contribution in [3.63, 3.8) is 0 Å².